The molecule has 1 fully saturated rings. The molecule has 1 saturated heterocycles. The first-order valence-corrected chi connectivity index (χ1v) is 10.5. The van der Waals surface area contributed by atoms with Crippen molar-refractivity contribution in [2.75, 3.05) is 49.5 Å². The van der Waals surface area contributed by atoms with E-state index in [1.54, 1.807) is 29.2 Å². The van der Waals surface area contributed by atoms with Gasteiger partial charge in [0.15, 0.2) is 0 Å². The minimum atomic E-state index is -4.54. The summed E-state index contributed by atoms with van der Waals surface area (Å²) in [6, 6.07) is 11.5. The standard InChI is InChI=1S/C23H23F4N5O/c24-17-3-1-16(2-4-17)20-7-8-28-22(30-20)29-18-5-6-21(19(15-18)23(25,26)27)32-11-9-31(10-12-32)13-14-33/h1-8,15,33H,9-14H2,(H,28,29,30). The molecule has 0 radical (unpaired) electrons. The SMILES string of the molecule is OCCN1CCN(c2ccc(Nc3nccc(-c4ccc(F)cc4)n3)cc2C(F)(F)F)CC1. The topological polar surface area (TPSA) is 64.5 Å². The third kappa shape index (κ3) is 5.58. The number of hydrogen-bond acceptors (Lipinski definition) is 6. The number of β-amino-alcohol motifs (C(OH)–C–C–N with tert-alkyl or cyclic N) is 1. The first-order valence-electron chi connectivity index (χ1n) is 10.5. The van der Waals surface area contributed by atoms with Crippen LogP contribution in [0.5, 0.6) is 0 Å². The lowest BCUT2D eigenvalue weighted by molar-refractivity contribution is -0.137. The molecule has 1 aromatic heterocycles. The molecular formula is C23H23F4N5O. The first-order chi connectivity index (χ1) is 15.8. The van der Waals surface area contributed by atoms with E-state index >= 15 is 0 Å². The molecule has 0 saturated carbocycles. The Hall–Kier alpha value is -3.24. The Morgan fingerprint density at radius 3 is 2.36 bits per heavy atom. The molecule has 0 bridgehead atoms. The van der Waals surface area contributed by atoms with E-state index in [4.69, 9.17) is 5.11 Å². The Morgan fingerprint density at radius 1 is 0.970 bits per heavy atom. The normalized spacial score (nSPS) is 15.0. The Balaban J connectivity index is 1.56. The summed E-state index contributed by atoms with van der Waals surface area (Å²) < 4.78 is 54.8. The van der Waals surface area contributed by atoms with Crippen molar-refractivity contribution in [2.24, 2.45) is 0 Å². The number of alkyl halides is 3. The van der Waals surface area contributed by atoms with E-state index in [-0.39, 0.29) is 29.7 Å². The molecule has 0 atom stereocenters. The smallest absolute Gasteiger partial charge is 0.395 e. The number of nitrogens with one attached hydrogen (secondary N) is 1. The second-order valence-corrected chi connectivity index (χ2v) is 7.68. The van der Waals surface area contributed by atoms with Gasteiger partial charge in [-0.05, 0) is 48.5 Å². The Morgan fingerprint density at radius 2 is 1.70 bits per heavy atom. The van der Waals surface area contributed by atoms with Crippen LogP contribution in [0.4, 0.5) is 34.9 Å². The predicted molar refractivity (Wildman–Crippen MR) is 118 cm³/mol. The molecule has 10 heteroatoms. The van der Waals surface area contributed by atoms with Crippen LogP contribution in [0.1, 0.15) is 5.56 Å². The quantitative estimate of drug-likeness (QED) is 0.538. The van der Waals surface area contributed by atoms with Crippen molar-refractivity contribution in [1.82, 2.24) is 14.9 Å². The number of rotatable bonds is 6. The number of halogens is 4. The van der Waals surface area contributed by atoms with Gasteiger partial charge < -0.3 is 15.3 Å². The molecule has 4 rings (SSSR count). The lowest BCUT2D eigenvalue weighted by atomic mass is 10.1. The van der Waals surface area contributed by atoms with Crippen molar-refractivity contribution < 1.29 is 22.7 Å². The first kappa shape index (κ1) is 22.9. The van der Waals surface area contributed by atoms with E-state index in [1.807, 2.05) is 4.90 Å². The molecule has 0 amide bonds. The third-order valence-electron chi connectivity index (χ3n) is 5.48. The zero-order chi connectivity index (χ0) is 23.4. The number of nitrogens with zero attached hydrogens (tertiary/aromatic N) is 4. The molecule has 33 heavy (non-hydrogen) atoms. The molecule has 2 N–H and O–H groups in total. The maximum Gasteiger partial charge on any atom is 0.418 e. The highest BCUT2D eigenvalue weighted by Gasteiger charge is 2.36. The highest BCUT2D eigenvalue weighted by Crippen LogP contribution is 2.39. The molecule has 0 spiro atoms. The van der Waals surface area contributed by atoms with Crippen molar-refractivity contribution in [3.05, 3.63) is 66.1 Å². The summed E-state index contributed by atoms with van der Waals surface area (Å²) in [5.74, 6) is -0.240. The molecule has 2 aromatic carbocycles. The van der Waals surface area contributed by atoms with Crippen LogP contribution in [0.2, 0.25) is 0 Å². The van der Waals surface area contributed by atoms with Crippen LogP contribution in [0, 0.1) is 5.82 Å². The minimum absolute atomic E-state index is 0.0264. The number of aliphatic hydroxyl groups excluding tert-OH is 1. The molecule has 3 aromatic rings. The predicted octanol–water partition coefficient (Wildman–Crippen LogP) is 4.16. The van der Waals surface area contributed by atoms with Gasteiger partial charge in [-0.15, -0.1) is 0 Å². The molecular weight excluding hydrogens is 438 g/mol. The van der Waals surface area contributed by atoms with Gasteiger partial charge in [0.1, 0.15) is 5.82 Å². The summed E-state index contributed by atoms with van der Waals surface area (Å²) in [5, 5.41) is 11.9. The van der Waals surface area contributed by atoms with E-state index in [2.05, 4.69) is 15.3 Å². The van der Waals surface area contributed by atoms with Gasteiger partial charge in [-0.1, -0.05) is 0 Å². The van der Waals surface area contributed by atoms with Crippen molar-refractivity contribution in [1.29, 1.82) is 0 Å². The number of piperazine rings is 1. The zero-order valence-electron chi connectivity index (χ0n) is 17.7. The van der Waals surface area contributed by atoms with Crippen LogP contribution < -0.4 is 10.2 Å². The maximum atomic E-state index is 13.9. The maximum absolute atomic E-state index is 13.9. The number of benzene rings is 2. The van der Waals surface area contributed by atoms with Gasteiger partial charge >= 0.3 is 6.18 Å². The monoisotopic (exact) mass is 461 g/mol. The molecule has 2 heterocycles. The molecule has 6 nitrogen and oxygen atoms in total. The highest BCUT2D eigenvalue weighted by molar-refractivity contribution is 5.66. The van der Waals surface area contributed by atoms with Crippen LogP contribution in [0.3, 0.4) is 0 Å². The summed E-state index contributed by atoms with van der Waals surface area (Å²) in [6.45, 7) is 2.60. The third-order valence-corrected chi connectivity index (χ3v) is 5.48. The van der Waals surface area contributed by atoms with E-state index in [0.29, 0.717) is 44.0 Å². The summed E-state index contributed by atoms with van der Waals surface area (Å²) in [7, 11) is 0. The van der Waals surface area contributed by atoms with Gasteiger partial charge in [-0.3, -0.25) is 4.90 Å². The molecule has 1 aliphatic heterocycles. The van der Waals surface area contributed by atoms with E-state index < -0.39 is 11.7 Å². The average Bonchev–Trinajstić information content (AvgIpc) is 2.80. The van der Waals surface area contributed by atoms with Crippen LogP contribution in [0.15, 0.2) is 54.7 Å². The Kier molecular flexibility index (Phi) is 6.75. The van der Waals surface area contributed by atoms with Gasteiger partial charge in [0.05, 0.1) is 17.9 Å². The second-order valence-electron chi connectivity index (χ2n) is 7.68. The fourth-order valence-electron chi connectivity index (χ4n) is 3.80. The Bertz CT molecular complexity index is 1080. The largest absolute Gasteiger partial charge is 0.418 e. The van der Waals surface area contributed by atoms with Crippen LogP contribution in [-0.4, -0.2) is 59.3 Å². The number of anilines is 3. The zero-order valence-corrected chi connectivity index (χ0v) is 17.7. The summed E-state index contributed by atoms with van der Waals surface area (Å²) in [4.78, 5) is 12.2. The van der Waals surface area contributed by atoms with Gasteiger partial charge in [0.25, 0.3) is 0 Å². The highest BCUT2D eigenvalue weighted by atomic mass is 19.4. The van der Waals surface area contributed by atoms with Crippen molar-refractivity contribution in [3.8, 4) is 11.3 Å². The lowest BCUT2D eigenvalue weighted by Crippen LogP contribution is -2.47. The van der Waals surface area contributed by atoms with Crippen LogP contribution in [0.25, 0.3) is 11.3 Å². The fourth-order valence-corrected chi connectivity index (χ4v) is 3.80. The molecule has 174 valence electrons. The van der Waals surface area contributed by atoms with Crippen LogP contribution >= 0.6 is 0 Å². The molecule has 1 aliphatic rings. The van der Waals surface area contributed by atoms with Gasteiger partial charge in [-0.25, -0.2) is 14.4 Å². The molecule has 0 aliphatic carbocycles. The van der Waals surface area contributed by atoms with E-state index in [0.717, 1.165) is 6.07 Å². The molecule has 0 unspecified atom stereocenters. The number of hydrogen-bond donors (Lipinski definition) is 2. The average molecular weight is 461 g/mol. The summed E-state index contributed by atoms with van der Waals surface area (Å²) in [5.41, 5.74) is 0.770. The van der Waals surface area contributed by atoms with Crippen molar-refractivity contribution in [3.63, 3.8) is 0 Å². The number of aliphatic hydroxyl groups is 1. The van der Waals surface area contributed by atoms with E-state index in [9.17, 15) is 17.6 Å². The lowest BCUT2D eigenvalue weighted by Gasteiger charge is -2.37. The van der Waals surface area contributed by atoms with E-state index in [1.165, 1.54) is 24.4 Å². The van der Waals surface area contributed by atoms with Crippen molar-refractivity contribution in [2.45, 2.75) is 6.18 Å². The number of aromatic nitrogens is 2. The van der Waals surface area contributed by atoms with Gasteiger partial charge in [0.2, 0.25) is 5.95 Å². The minimum Gasteiger partial charge on any atom is -0.395 e. The fraction of sp³-hybridized carbons (Fsp3) is 0.304. The van der Waals surface area contributed by atoms with Crippen molar-refractivity contribution >= 4 is 17.3 Å². The Labute approximate surface area is 188 Å². The summed E-state index contributed by atoms with van der Waals surface area (Å²) in [6.07, 6.45) is -3.05. The van der Waals surface area contributed by atoms with Gasteiger partial charge in [-0.2, -0.15) is 13.2 Å². The second kappa shape index (κ2) is 9.72. The summed E-state index contributed by atoms with van der Waals surface area (Å²) >= 11 is 0. The van der Waals surface area contributed by atoms with Gasteiger partial charge in [0, 0.05) is 55.9 Å². The van der Waals surface area contributed by atoms with Crippen LogP contribution in [-0.2, 0) is 6.18 Å².